The third-order valence-electron chi connectivity index (χ3n) is 3.23. The van der Waals surface area contributed by atoms with E-state index >= 15 is 0 Å². The number of hydrogen-bond acceptors (Lipinski definition) is 4. The van der Waals surface area contributed by atoms with E-state index < -0.39 is 5.95 Å². The second-order valence-corrected chi connectivity index (χ2v) is 6.04. The summed E-state index contributed by atoms with van der Waals surface area (Å²) in [7, 11) is 0. The fourth-order valence-corrected chi connectivity index (χ4v) is 2.86. The van der Waals surface area contributed by atoms with Crippen molar-refractivity contribution in [3.05, 3.63) is 84.2 Å². The highest BCUT2D eigenvalue weighted by Gasteiger charge is 2.07. The van der Waals surface area contributed by atoms with Gasteiger partial charge in [-0.1, -0.05) is 6.07 Å². The molecule has 0 aliphatic rings. The minimum absolute atomic E-state index is 0.234. The van der Waals surface area contributed by atoms with Gasteiger partial charge < -0.3 is 5.32 Å². The van der Waals surface area contributed by atoms with E-state index in [2.05, 4.69) is 15.3 Å². The van der Waals surface area contributed by atoms with Gasteiger partial charge in [-0.3, -0.25) is 9.78 Å². The number of carbonyl (C=O) groups excluding carboxylic acids is 1. The van der Waals surface area contributed by atoms with Gasteiger partial charge in [0.15, 0.2) is 0 Å². The first-order chi connectivity index (χ1) is 11.7. The molecule has 2 aromatic heterocycles. The van der Waals surface area contributed by atoms with E-state index in [0.717, 1.165) is 22.3 Å². The first-order valence-corrected chi connectivity index (χ1v) is 8.24. The maximum Gasteiger partial charge on any atom is 0.255 e. The van der Waals surface area contributed by atoms with Crippen LogP contribution in [-0.2, 0) is 5.75 Å². The van der Waals surface area contributed by atoms with Crippen LogP contribution < -0.4 is 5.32 Å². The zero-order valence-electron chi connectivity index (χ0n) is 12.6. The summed E-state index contributed by atoms with van der Waals surface area (Å²) in [6, 6.07) is 14.0. The van der Waals surface area contributed by atoms with Gasteiger partial charge in [0, 0.05) is 46.6 Å². The molecule has 0 bridgehead atoms. The average Bonchev–Trinajstić information content (AvgIpc) is 2.62. The van der Waals surface area contributed by atoms with Crippen molar-refractivity contribution in [3.63, 3.8) is 0 Å². The highest BCUT2D eigenvalue weighted by Crippen LogP contribution is 2.24. The van der Waals surface area contributed by atoms with E-state index in [-0.39, 0.29) is 11.5 Å². The van der Waals surface area contributed by atoms with Crippen LogP contribution in [0.4, 0.5) is 10.1 Å². The minimum Gasteiger partial charge on any atom is -0.322 e. The van der Waals surface area contributed by atoms with E-state index in [1.807, 2.05) is 42.6 Å². The minimum atomic E-state index is -0.676. The number of hydrogen-bond donors (Lipinski definition) is 1. The molecule has 1 amide bonds. The Bertz CT molecular complexity index is 825. The van der Waals surface area contributed by atoms with Gasteiger partial charge >= 0.3 is 0 Å². The molecule has 24 heavy (non-hydrogen) atoms. The van der Waals surface area contributed by atoms with Crippen LogP contribution in [-0.4, -0.2) is 15.9 Å². The maximum absolute atomic E-state index is 13.0. The number of carbonyl (C=O) groups is 1. The lowest BCUT2D eigenvalue weighted by Crippen LogP contribution is -2.12. The van der Waals surface area contributed by atoms with Gasteiger partial charge in [-0.2, -0.15) is 4.39 Å². The molecule has 2 heterocycles. The number of rotatable bonds is 5. The van der Waals surface area contributed by atoms with Crippen molar-refractivity contribution in [2.75, 3.05) is 5.32 Å². The molecular formula is C18H14FN3OS. The van der Waals surface area contributed by atoms with Crippen LogP contribution in [0.3, 0.4) is 0 Å². The first kappa shape index (κ1) is 16.1. The van der Waals surface area contributed by atoms with Crippen molar-refractivity contribution in [3.8, 4) is 0 Å². The molecule has 0 fully saturated rings. The van der Waals surface area contributed by atoms with Crippen molar-refractivity contribution in [2.45, 2.75) is 10.6 Å². The van der Waals surface area contributed by atoms with Crippen LogP contribution in [0.5, 0.6) is 0 Å². The Morgan fingerprint density at radius 3 is 2.67 bits per heavy atom. The van der Waals surface area contributed by atoms with Gasteiger partial charge in [-0.15, -0.1) is 11.8 Å². The molecule has 3 aromatic rings. The normalized spacial score (nSPS) is 10.4. The summed E-state index contributed by atoms with van der Waals surface area (Å²) >= 11 is 1.69. The SMILES string of the molecule is O=C(Nc1ccc(SCc2cccnc2)cc1)c1ccnc(F)c1. The molecule has 120 valence electrons. The Hall–Kier alpha value is -2.73. The second kappa shape index (κ2) is 7.70. The molecule has 0 aliphatic carbocycles. The van der Waals surface area contributed by atoms with Crippen LogP contribution in [0.2, 0.25) is 0 Å². The molecule has 1 N–H and O–H groups in total. The molecule has 0 saturated heterocycles. The zero-order chi connectivity index (χ0) is 16.8. The van der Waals surface area contributed by atoms with Crippen LogP contribution >= 0.6 is 11.8 Å². The molecule has 3 rings (SSSR count). The summed E-state index contributed by atoms with van der Waals surface area (Å²) in [5.41, 5.74) is 2.04. The molecule has 0 unspecified atom stereocenters. The smallest absolute Gasteiger partial charge is 0.255 e. The van der Waals surface area contributed by atoms with Crippen molar-refractivity contribution < 1.29 is 9.18 Å². The number of anilines is 1. The number of amides is 1. The number of benzene rings is 1. The van der Waals surface area contributed by atoms with E-state index in [9.17, 15) is 9.18 Å². The van der Waals surface area contributed by atoms with Gasteiger partial charge in [0.2, 0.25) is 5.95 Å². The number of pyridine rings is 2. The molecule has 0 atom stereocenters. The Kier molecular flexibility index (Phi) is 5.18. The van der Waals surface area contributed by atoms with Crippen molar-refractivity contribution >= 4 is 23.4 Å². The Morgan fingerprint density at radius 1 is 1.12 bits per heavy atom. The van der Waals surface area contributed by atoms with Gasteiger partial charge in [0.25, 0.3) is 5.91 Å². The van der Waals surface area contributed by atoms with Crippen molar-refractivity contribution in [1.29, 1.82) is 0 Å². The quantitative estimate of drug-likeness (QED) is 0.560. The summed E-state index contributed by atoms with van der Waals surface area (Å²) in [5.74, 6) is -0.215. The summed E-state index contributed by atoms with van der Waals surface area (Å²) in [6.45, 7) is 0. The van der Waals surface area contributed by atoms with E-state index in [1.165, 1.54) is 12.3 Å². The van der Waals surface area contributed by atoms with Crippen LogP contribution in [0.25, 0.3) is 0 Å². The molecule has 0 spiro atoms. The van der Waals surface area contributed by atoms with E-state index in [1.54, 1.807) is 18.0 Å². The zero-order valence-corrected chi connectivity index (χ0v) is 13.5. The molecular weight excluding hydrogens is 325 g/mol. The maximum atomic E-state index is 13.0. The topological polar surface area (TPSA) is 54.9 Å². The second-order valence-electron chi connectivity index (χ2n) is 5.00. The fraction of sp³-hybridized carbons (Fsp3) is 0.0556. The summed E-state index contributed by atoms with van der Waals surface area (Å²) < 4.78 is 13.0. The summed E-state index contributed by atoms with van der Waals surface area (Å²) in [4.78, 5) is 20.7. The van der Waals surface area contributed by atoms with Gasteiger partial charge in [-0.25, -0.2) is 4.98 Å². The number of aromatic nitrogens is 2. The lowest BCUT2D eigenvalue weighted by atomic mass is 10.2. The number of halogens is 1. The summed E-state index contributed by atoms with van der Waals surface area (Å²) in [6.07, 6.45) is 4.86. The van der Waals surface area contributed by atoms with Crippen LogP contribution in [0, 0.1) is 5.95 Å². The highest BCUT2D eigenvalue weighted by molar-refractivity contribution is 7.98. The summed E-state index contributed by atoms with van der Waals surface area (Å²) in [5, 5.41) is 2.73. The molecule has 4 nitrogen and oxygen atoms in total. The largest absolute Gasteiger partial charge is 0.322 e. The lowest BCUT2D eigenvalue weighted by Gasteiger charge is -2.07. The molecule has 0 radical (unpaired) electrons. The molecule has 1 aromatic carbocycles. The predicted molar refractivity (Wildman–Crippen MR) is 92.4 cm³/mol. The van der Waals surface area contributed by atoms with Crippen molar-refractivity contribution in [1.82, 2.24) is 9.97 Å². The Labute approximate surface area is 143 Å². The van der Waals surface area contributed by atoms with Crippen LogP contribution in [0.15, 0.2) is 72.0 Å². The first-order valence-electron chi connectivity index (χ1n) is 7.25. The van der Waals surface area contributed by atoms with E-state index in [0.29, 0.717) is 5.69 Å². The monoisotopic (exact) mass is 339 g/mol. The number of nitrogens with zero attached hydrogens (tertiary/aromatic N) is 2. The molecule has 0 aliphatic heterocycles. The Balaban J connectivity index is 1.59. The van der Waals surface area contributed by atoms with Gasteiger partial charge in [0.05, 0.1) is 0 Å². The van der Waals surface area contributed by atoms with E-state index in [4.69, 9.17) is 0 Å². The number of nitrogens with one attached hydrogen (secondary N) is 1. The average molecular weight is 339 g/mol. The Morgan fingerprint density at radius 2 is 1.96 bits per heavy atom. The third-order valence-corrected chi connectivity index (χ3v) is 4.31. The highest BCUT2D eigenvalue weighted by atomic mass is 32.2. The van der Waals surface area contributed by atoms with Gasteiger partial charge in [0.1, 0.15) is 0 Å². The van der Waals surface area contributed by atoms with Gasteiger partial charge in [-0.05, 0) is 42.0 Å². The fourth-order valence-electron chi connectivity index (χ4n) is 2.03. The van der Waals surface area contributed by atoms with Crippen molar-refractivity contribution in [2.24, 2.45) is 0 Å². The standard InChI is InChI=1S/C18H14FN3OS/c19-17-10-14(7-9-21-17)18(23)22-15-3-5-16(6-4-15)24-12-13-2-1-8-20-11-13/h1-11H,12H2,(H,22,23). The third kappa shape index (κ3) is 4.39. The predicted octanol–water partition coefficient (Wildman–Crippen LogP) is 4.16. The molecule has 6 heteroatoms. The van der Waals surface area contributed by atoms with Crippen LogP contribution in [0.1, 0.15) is 15.9 Å². The molecule has 0 saturated carbocycles. The number of thioether (sulfide) groups is 1. The lowest BCUT2D eigenvalue weighted by molar-refractivity contribution is 0.102.